The van der Waals surface area contributed by atoms with Gasteiger partial charge >= 0.3 is 0 Å². The summed E-state index contributed by atoms with van der Waals surface area (Å²) in [5.41, 5.74) is 2.24. The summed E-state index contributed by atoms with van der Waals surface area (Å²) in [6, 6.07) is 6.51. The summed E-state index contributed by atoms with van der Waals surface area (Å²) >= 11 is 0. The first-order valence-electron chi connectivity index (χ1n) is 8.61. The first kappa shape index (κ1) is 15.4. The van der Waals surface area contributed by atoms with Gasteiger partial charge in [-0.3, -0.25) is 4.79 Å². The molecule has 2 aliphatic carbocycles. The van der Waals surface area contributed by atoms with E-state index in [-0.39, 0.29) is 12.0 Å². The van der Waals surface area contributed by atoms with E-state index in [0.717, 1.165) is 29.2 Å². The smallest absolute Gasteiger partial charge is 0.261 e. The van der Waals surface area contributed by atoms with Gasteiger partial charge in [0, 0.05) is 6.04 Å². The lowest BCUT2D eigenvalue weighted by molar-refractivity contribution is -0.129. The van der Waals surface area contributed by atoms with Gasteiger partial charge in [-0.25, -0.2) is 0 Å². The van der Waals surface area contributed by atoms with E-state index in [1.807, 2.05) is 32.9 Å². The fourth-order valence-electron chi connectivity index (χ4n) is 4.01. The Bertz CT molecular complexity index is 554. The normalized spacial score (nSPS) is 27.7. The molecule has 1 N–H and O–H groups in total. The van der Waals surface area contributed by atoms with Gasteiger partial charge in [0.15, 0.2) is 6.10 Å². The topological polar surface area (TPSA) is 38.3 Å². The number of fused-ring (bicyclic) bond motifs is 2. The molecule has 2 fully saturated rings. The number of carbonyl (C=O) groups is 1. The maximum atomic E-state index is 12.6. The van der Waals surface area contributed by atoms with Crippen molar-refractivity contribution in [3.8, 4) is 5.75 Å². The molecule has 0 heterocycles. The van der Waals surface area contributed by atoms with Crippen molar-refractivity contribution < 1.29 is 9.53 Å². The molecule has 2 aliphatic rings. The number of benzene rings is 1. The molecule has 1 amide bonds. The van der Waals surface area contributed by atoms with Crippen molar-refractivity contribution in [2.24, 2.45) is 11.8 Å². The van der Waals surface area contributed by atoms with Crippen molar-refractivity contribution in [2.45, 2.75) is 65.0 Å². The molecule has 0 aliphatic heterocycles. The van der Waals surface area contributed by atoms with Gasteiger partial charge in [0.1, 0.15) is 5.75 Å². The molecule has 0 unspecified atom stereocenters. The molecule has 120 valence electrons. The van der Waals surface area contributed by atoms with Gasteiger partial charge in [-0.05, 0) is 68.6 Å². The molecule has 3 rings (SSSR count). The van der Waals surface area contributed by atoms with Gasteiger partial charge in [0.05, 0.1) is 0 Å². The molecule has 3 nitrogen and oxygen atoms in total. The molecule has 2 saturated carbocycles. The van der Waals surface area contributed by atoms with Crippen LogP contribution in [-0.2, 0) is 4.79 Å². The van der Waals surface area contributed by atoms with E-state index < -0.39 is 0 Å². The standard InChI is InChI=1S/C19H27NO2/c1-4-17(22-18-9-12(2)5-6-13(18)3)19(21)20-16-11-14-7-8-15(16)10-14/h5-6,9,14-17H,4,7-8,10-11H2,1-3H3,(H,20,21)/t14-,15-,16-,17+/m1/s1. The van der Waals surface area contributed by atoms with Crippen LogP contribution in [0.1, 0.15) is 50.2 Å². The minimum Gasteiger partial charge on any atom is -0.480 e. The van der Waals surface area contributed by atoms with Gasteiger partial charge in [0.2, 0.25) is 0 Å². The van der Waals surface area contributed by atoms with Gasteiger partial charge < -0.3 is 10.1 Å². The lowest BCUT2D eigenvalue weighted by Crippen LogP contribution is -2.45. The Morgan fingerprint density at radius 2 is 2.14 bits per heavy atom. The average molecular weight is 301 g/mol. The lowest BCUT2D eigenvalue weighted by atomic mass is 9.95. The molecule has 0 saturated heterocycles. The maximum absolute atomic E-state index is 12.6. The largest absolute Gasteiger partial charge is 0.480 e. The number of amides is 1. The van der Waals surface area contributed by atoms with Crippen LogP contribution >= 0.6 is 0 Å². The van der Waals surface area contributed by atoms with E-state index in [2.05, 4.69) is 11.4 Å². The second-order valence-corrected chi connectivity index (χ2v) is 7.07. The Morgan fingerprint density at radius 3 is 2.77 bits per heavy atom. The van der Waals surface area contributed by atoms with Crippen LogP contribution in [0.3, 0.4) is 0 Å². The Morgan fingerprint density at radius 1 is 1.32 bits per heavy atom. The minimum atomic E-state index is -0.389. The van der Waals surface area contributed by atoms with Gasteiger partial charge in [-0.15, -0.1) is 0 Å². The summed E-state index contributed by atoms with van der Waals surface area (Å²) in [6.45, 7) is 6.08. The first-order chi connectivity index (χ1) is 10.6. The van der Waals surface area contributed by atoms with Crippen LogP contribution < -0.4 is 10.1 Å². The quantitative estimate of drug-likeness (QED) is 0.899. The van der Waals surface area contributed by atoms with Crippen LogP contribution in [0.4, 0.5) is 0 Å². The predicted octanol–water partition coefficient (Wildman–Crippen LogP) is 3.77. The molecular weight excluding hydrogens is 274 g/mol. The number of hydrogen-bond acceptors (Lipinski definition) is 2. The van der Waals surface area contributed by atoms with Gasteiger partial charge in [-0.1, -0.05) is 25.5 Å². The fraction of sp³-hybridized carbons (Fsp3) is 0.632. The third-order valence-electron chi connectivity index (χ3n) is 5.34. The molecule has 1 aromatic rings. The summed E-state index contributed by atoms with van der Waals surface area (Å²) in [5.74, 6) is 2.43. The van der Waals surface area contributed by atoms with Crippen LogP contribution in [0.25, 0.3) is 0 Å². The number of ether oxygens (including phenoxy) is 1. The molecular formula is C19H27NO2. The molecule has 0 spiro atoms. The molecule has 2 bridgehead atoms. The van der Waals surface area contributed by atoms with Crippen LogP contribution in [0.2, 0.25) is 0 Å². The van der Waals surface area contributed by atoms with E-state index in [9.17, 15) is 4.79 Å². The van der Waals surface area contributed by atoms with Crippen molar-refractivity contribution in [1.82, 2.24) is 5.32 Å². The fourth-order valence-corrected chi connectivity index (χ4v) is 4.01. The van der Waals surface area contributed by atoms with Crippen LogP contribution in [-0.4, -0.2) is 18.1 Å². The highest BCUT2D eigenvalue weighted by Crippen LogP contribution is 2.44. The Hall–Kier alpha value is -1.51. The SMILES string of the molecule is CC[C@H](Oc1cc(C)ccc1C)C(=O)N[C@@H]1C[C@@H]2CC[C@@H]1C2. The summed E-state index contributed by atoms with van der Waals surface area (Å²) in [4.78, 5) is 12.6. The van der Waals surface area contributed by atoms with Crippen LogP contribution in [0.5, 0.6) is 5.75 Å². The summed E-state index contributed by atoms with van der Waals surface area (Å²) < 4.78 is 6.02. The Labute approximate surface area is 133 Å². The van der Waals surface area contributed by atoms with Crippen molar-refractivity contribution in [3.63, 3.8) is 0 Å². The predicted molar refractivity (Wildman–Crippen MR) is 88.0 cm³/mol. The molecule has 0 radical (unpaired) electrons. The molecule has 3 heteroatoms. The van der Waals surface area contributed by atoms with Crippen LogP contribution in [0, 0.1) is 25.7 Å². The zero-order valence-electron chi connectivity index (χ0n) is 13.9. The number of rotatable bonds is 5. The third kappa shape index (κ3) is 3.13. The average Bonchev–Trinajstić information content (AvgIpc) is 3.10. The number of hydrogen-bond donors (Lipinski definition) is 1. The molecule has 22 heavy (non-hydrogen) atoms. The maximum Gasteiger partial charge on any atom is 0.261 e. The van der Waals surface area contributed by atoms with E-state index in [4.69, 9.17) is 4.74 Å². The van der Waals surface area contributed by atoms with Gasteiger partial charge in [0.25, 0.3) is 5.91 Å². The number of carbonyl (C=O) groups excluding carboxylic acids is 1. The Kier molecular flexibility index (Phi) is 4.42. The third-order valence-corrected chi connectivity index (χ3v) is 5.34. The zero-order chi connectivity index (χ0) is 15.7. The van der Waals surface area contributed by atoms with Crippen molar-refractivity contribution in [3.05, 3.63) is 29.3 Å². The second kappa shape index (κ2) is 6.31. The molecule has 0 aromatic heterocycles. The van der Waals surface area contributed by atoms with E-state index in [1.165, 1.54) is 19.3 Å². The minimum absolute atomic E-state index is 0.0564. The Balaban J connectivity index is 1.63. The highest BCUT2D eigenvalue weighted by molar-refractivity contribution is 5.81. The molecule has 1 aromatic carbocycles. The van der Waals surface area contributed by atoms with Crippen molar-refractivity contribution in [1.29, 1.82) is 0 Å². The highest BCUT2D eigenvalue weighted by Gasteiger charge is 2.40. The summed E-state index contributed by atoms with van der Waals surface area (Å²) in [5, 5.41) is 3.25. The second-order valence-electron chi connectivity index (χ2n) is 7.07. The molecule has 4 atom stereocenters. The van der Waals surface area contributed by atoms with E-state index in [1.54, 1.807) is 0 Å². The van der Waals surface area contributed by atoms with E-state index in [0.29, 0.717) is 18.4 Å². The first-order valence-corrected chi connectivity index (χ1v) is 8.61. The highest BCUT2D eigenvalue weighted by atomic mass is 16.5. The number of aryl methyl sites for hydroxylation is 2. The van der Waals surface area contributed by atoms with Crippen molar-refractivity contribution in [2.75, 3.05) is 0 Å². The zero-order valence-corrected chi connectivity index (χ0v) is 13.9. The summed E-state index contributed by atoms with van der Waals surface area (Å²) in [6.07, 6.45) is 5.41. The van der Waals surface area contributed by atoms with Gasteiger partial charge in [-0.2, -0.15) is 0 Å². The summed E-state index contributed by atoms with van der Waals surface area (Å²) in [7, 11) is 0. The lowest BCUT2D eigenvalue weighted by Gasteiger charge is -2.26. The van der Waals surface area contributed by atoms with Crippen molar-refractivity contribution >= 4 is 5.91 Å². The monoisotopic (exact) mass is 301 g/mol. The number of nitrogens with one attached hydrogen (secondary N) is 1. The van der Waals surface area contributed by atoms with Crippen LogP contribution in [0.15, 0.2) is 18.2 Å². The van der Waals surface area contributed by atoms with E-state index >= 15 is 0 Å².